The first-order chi connectivity index (χ1) is 5.46. The second-order valence-corrected chi connectivity index (χ2v) is 4.07. The number of hydrogen-bond acceptors (Lipinski definition) is 2. The largest absolute Gasteiger partial charge is 0.340 e. The number of carbonyl (C=O) groups excluding carboxylic acids is 2. The van der Waals surface area contributed by atoms with E-state index in [0.717, 1.165) is 12.8 Å². The third kappa shape index (κ3) is 0.722. The topological polar surface area (TPSA) is 58.2 Å². The van der Waals surface area contributed by atoms with Crippen LogP contribution >= 0.6 is 0 Å². The highest BCUT2D eigenvalue weighted by Gasteiger charge is 2.54. The summed E-state index contributed by atoms with van der Waals surface area (Å²) in [4.78, 5) is 22.8. The fraction of sp³-hybridized carbons (Fsp3) is 0.750. The lowest BCUT2D eigenvalue weighted by Crippen LogP contribution is -2.77. The Morgan fingerprint density at radius 3 is 1.58 bits per heavy atom. The molecule has 0 aromatic carbocycles. The van der Waals surface area contributed by atoms with Crippen molar-refractivity contribution in [1.82, 2.24) is 10.6 Å². The van der Waals surface area contributed by atoms with Gasteiger partial charge in [-0.05, 0) is 26.7 Å². The van der Waals surface area contributed by atoms with Crippen molar-refractivity contribution in [3.63, 3.8) is 0 Å². The summed E-state index contributed by atoms with van der Waals surface area (Å²) in [5.74, 6) is -0.119. The first-order valence-corrected chi connectivity index (χ1v) is 4.12. The van der Waals surface area contributed by atoms with Crippen molar-refractivity contribution in [1.29, 1.82) is 0 Å². The molecule has 3 saturated heterocycles. The molecule has 3 fully saturated rings. The van der Waals surface area contributed by atoms with Gasteiger partial charge < -0.3 is 10.6 Å². The zero-order chi connectivity index (χ0) is 8.98. The predicted octanol–water partition coefficient (Wildman–Crippen LogP) is -0.456. The summed E-state index contributed by atoms with van der Waals surface area (Å²) in [5.41, 5.74) is -1.32. The van der Waals surface area contributed by atoms with Gasteiger partial charge >= 0.3 is 0 Å². The van der Waals surface area contributed by atoms with Gasteiger partial charge in [0, 0.05) is 0 Å². The third-order valence-corrected chi connectivity index (χ3v) is 2.91. The Labute approximate surface area is 70.7 Å². The standard InChI is InChI=1S/C8H12N2O2/c1-7-3-4-8(2,6(12)9-7)10-5(7)11/h3-4H2,1-2H3,(H,9,12)(H,10,11). The average Bonchev–Trinajstić information content (AvgIpc) is 1.96. The van der Waals surface area contributed by atoms with Crippen LogP contribution in [-0.4, -0.2) is 22.9 Å². The molecular weight excluding hydrogens is 156 g/mol. The van der Waals surface area contributed by atoms with Crippen molar-refractivity contribution in [2.45, 2.75) is 37.8 Å². The van der Waals surface area contributed by atoms with Crippen LogP contribution in [0, 0.1) is 0 Å². The van der Waals surface area contributed by atoms with Gasteiger partial charge in [0.1, 0.15) is 11.1 Å². The molecule has 12 heavy (non-hydrogen) atoms. The van der Waals surface area contributed by atoms with E-state index in [1.165, 1.54) is 0 Å². The van der Waals surface area contributed by atoms with E-state index in [1.807, 2.05) is 0 Å². The minimum Gasteiger partial charge on any atom is -0.340 e. The van der Waals surface area contributed by atoms with Crippen molar-refractivity contribution in [3.8, 4) is 0 Å². The fourth-order valence-electron chi connectivity index (χ4n) is 1.74. The van der Waals surface area contributed by atoms with Gasteiger partial charge in [-0.3, -0.25) is 9.59 Å². The number of nitrogens with one attached hydrogen (secondary N) is 2. The first-order valence-electron chi connectivity index (χ1n) is 4.12. The summed E-state index contributed by atoms with van der Waals surface area (Å²) in [6.07, 6.45) is 1.47. The Hall–Kier alpha value is -1.06. The Kier molecular flexibility index (Phi) is 1.14. The molecule has 4 nitrogen and oxygen atoms in total. The number of carbonyl (C=O) groups is 2. The zero-order valence-corrected chi connectivity index (χ0v) is 7.23. The number of hydrogen-bond donors (Lipinski definition) is 2. The molecule has 2 N–H and O–H groups in total. The van der Waals surface area contributed by atoms with E-state index < -0.39 is 11.1 Å². The molecule has 2 amide bonds. The second kappa shape index (κ2) is 1.81. The smallest absolute Gasteiger partial charge is 0.246 e. The molecule has 0 aromatic heterocycles. The molecule has 0 spiro atoms. The maximum Gasteiger partial charge on any atom is 0.246 e. The van der Waals surface area contributed by atoms with Crippen LogP contribution in [0.25, 0.3) is 0 Å². The molecule has 2 bridgehead atoms. The van der Waals surface area contributed by atoms with E-state index in [4.69, 9.17) is 0 Å². The molecule has 3 rings (SSSR count). The molecule has 3 heterocycles. The van der Waals surface area contributed by atoms with E-state index in [2.05, 4.69) is 10.6 Å². The average molecular weight is 168 g/mol. The third-order valence-electron chi connectivity index (χ3n) is 2.91. The lowest BCUT2D eigenvalue weighted by molar-refractivity contribution is -0.150. The Balaban J connectivity index is 2.40. The van der Waals surface area contributed by atoms with E-state index in [9.17, 15) is 9.59 Å². The van der Waals surface area contributed by atoms with Crippen molar-refractivity contribution in [3.05, 3.63) is 0 Å². The molecule has 2 unspecified atom stereocenters. The summed E-state index contributed by atoms with van der Waals surface area (Å²) < 4.78 is 0. The van der Waals surface area contributed by atoms with Crippen molar-refractivity contribution >= 4 is 11.8 Å². The summed E-state index contributed by atoms with van der Waals surface area (Å²) in [6, 6.07) is 0. The SMILES string of the molecule is CC12CCC(C)(NC1=O)C(=O)N2. The van der Waals surface area contributed by atoms with Gasteiger partial charge in [-0.15, -0.1) is 0 Å². The summed E-state index contributed by atoms with van der Waals surface area (Å²) in [6.45, 7) is 3.53. The summed E-state index contributed by atoms with van der Waals surface area (Å²) in [5, 5.41) is 5.46. The van der Waals surface area contributed by atoms with Gasteiger partial charge in [-0.25, -0.2) is 0 Å². The number of piperazine rings is 1. The van der Waals surface area contributed by atoms with E-state index in [1.54, 1.807) is 13.8 Å². The molecule has 2 atom stereocenters. The highest BCUT2D eigenvalue weighted by Crippen LogP contribution is 2.32. The number of piperidine rings is 2. The van der Waals surface area contributed by atoms with Crippen LogP contribution in [0.2, 0.25) is 0 Å². The van der Waals surface area contributed by atoms with Gasteiger partial charge in [-0.2, -0.15) is 0 Å². The molecule has 4 heteroatoms. The zero-order valence-electron chi connectivity index (χ0n) is 7.23. The quantitative estimate of drug-likeness (QED) is 0.514. The summed E-state index contributed by atoms with van der Waals surface area (Å²) in [7, 11) is 0. The monoisotopic (exact) mass is 168 g/mol. The predicted molar refractivity (Wildman–Crippen MR) is 42.3 cm³/mol. The molecular formula is C8H12N2O2. The molecule has 3 aliphatic rings. The van der Waals surface area contributed by atoms with Gasteiger partial charge in [0.25, 0.3) is 0 Å². The number of rotatable bonds is 0. The maximum atomic E-state index is 11.4. The Morgan fingerprint density at radius 2 is 1.33 bits per heavy atom. The fourth-order valence-corrected chi connectivity index (χ4v) is 1.74. The van der Waals surface area contributed by atoms with Crippen LogP contribution in [0.4, 0.5) is 0 Å². The molecule has 66 valence electrons. The van der Waals surface area contributed by atoms with Gasteiger partial charge in [0.15, 0.2) is 0 Å². The van der Waals surface area contributed by atoms with Crippen molar-refractivity contribution in [2.75, 3.05) is 0 Å². The van der Waals surface area contributed by atoms with Crippen LogP contribution in [0.3, 0.4) is 0 Å². The van der Waals surface area contributed by atoms with E-state index >= 15 is 0 Å². The lowest BCUT2D eigenvalue weighted by Gasteiger charge is -2.49. The first kappa shape index (κ1) is 7.58. The number of amides is 2. The molecule has 0 saturated carbocycles. The van der Waals surface area contributed by atoms with Crippen LogP contribution in [-0.2, 0) is 9.59 Å². The lowest BCUT2D eigenvalue weighted by atomic mass is 9.75. The number of fused-ring (bicyclic) bond motifs is 3. The van der Waals surface area contributed by atoms with Crippen LogP contribution < -0.4 is 10.6 Å². The normalized spacial score (nSPS) is 45.5. The molecule has 3 aliphatic heterocycles. The van der Waals surface area contributed by atoms with Gasteiger partial charge in [-0.1, -0.05) is 0 Å². The van der Waals surface area contributed by atoms with E-state index in [-0.39, 0.29) is 11.8 Å². The van der Waals surface area contributed by atoms with Crippen molar-refractivity contribution in [2.24, 2.45) is 0 Å². The van der Waals surface area contributed by atoms with Gasteiger partial charge in [0.05, 0.1) is 0 Å². The van der Waals surface area contributed by atoms with E-state index in [0.29, 0.717) is 0 Å². The minimum absolute atomic E-state index is 0.0594. The Morgan fingerprint density at radius 1 is 1.00 bits per heavy atom. The molecule has 0 radical (unpaired) electrons. The van der Waals surface area contributed by atoms with Gasteiger partial charge in [0.2, 0.25) is 11.8 Å². The Bertz CT molecular complexity index is 248. The second-order valence-electron chi connectivity index (χ2n) is 4.07. The molecule has 0 aliphatic carbocycles. The van der Waals surface area contributed by atoms with Crippen LogP contribution in [0.1, 0.15) is 26.7 Å². The van der Waals surface area contributed by atoms with Crippen molar-refractivity contribution < 1.29 is 9.59 Å². The highest BCUT2D eigenvalue weighted by atomic mass is 16.2. The van der Waals surface area contributed by atoms with Crippen LogP contribution in [0.5, 0.6) is 0 Å². The highest BCUT2D eigenvalue weighted by molar-refractivity contribution is 6.03. The summed E-state index contributed by atoms with van der Waals surface area (Å²) >= 11 is 0. The molecule has 0 aromatic rings. The minimum atomic E-state index is -0.658. The van der Waals surface area contributed by atoms with Crippen LogP contribution in [0.15, 0.2) is 0 Å². The maximum absolute atomic E-state index is 11.4.